The lowest BCUT2D eigenvalue weighted by Gasteiger charge is -2.07. The van der Waals surface area contributed by atoms with Crippen molar-refractivity contribution in [2.45, 2.75) is 25.2 Å². The SMILES string of the molecule is O=C(O)CCC1COC(c2ccc(Br)o2)O1. The van der Waals surface area contributed by atoms with Crippen molar-refractivity contribution < 1.29 is 23.8 Å². The maximum absolute atomic E-state index is 10.4. The minimum atomic E-state index is -0.826. The molecule has 1 saturated heterocycles. The van der Waals surface area contributed by atoms with Crippen LogP contribution in [0, 0.1) is 0 Å². The highest BCUT2D eigenvalue weighted by atomic mass is 79.9. The standard InChI is InChI=1S/C10H11BrO5/c11-8-3-2-7(16-8)10-14-5-6(15-10)1-4-9(12)13/h2-3,6,10H,1,4-5H2,(H,12,13). The molecule has 0 radical (unpaired) electrons. The first-order chi connectivity index (χ1) is 7.65. The fourth-order valence-corrected chi connectivity index (χ4v) is 1.81. The zero-order valence-electron chi connectivity index (χ0n) is 8.39. The van der Waals surface area contributed by atoms with E-state index in [4.69, 9.17) is 19.0 Å². The number of furan rings is 1. The molecule has 88 valence electrons. The molecule has 16 heavy (non-hydrogen) atoms. The van der Waals surface area contributed by atoms with Gasteiger partial charge in [0.2, 0.25) is 6.29 Å². The number of ether oxygens (including phenoxy) is 2. The van der Waals surface area contributed by atoms with E-state index in [9.17, 15) is 4.79 Å². The summed E-state index contributed by atoms with van der Waals surface area (Å²) < 4.78 is 16.8. The Kier molecular flexibility index (Phi) is 3.63. The van der Waals surface area contributed by atoms with E-state index in [-0.39, 0.29) is 12.5 Å². The monoisotopic (exact) mass is 290 g/mol. The van der Waals surface area contributed by atoms with E-state index in [1.807, 2.05) is 0 Å². The van der Waals surface area contributed by atoms with Gasteiger partial charge in [-0.1, -0.05) is 0 Å². The maximum atomic E-state index is 10.4. The molecule has 0 aliphatic carbocycles. The van der Waals surface area contributed by atoms with Gasteiger partial charge in [-0.15, -0.1) is 0 Å². The van der Waals surface area contributed by atoms with E-state index in [1.54, 1.807) is 12.1 Å². The summed E-state index contributed by atoms with van der Waals surface area (Å²) in [5.41, 5.74) is 0. The summed E-state index contributed by atoms with van der Waals surface area (Å²) in [4.78, 5) is 10.4. The van der Waals surface area contributed by atoms with E-state index in [0.29, 0.717) is 23.5 Å². The predicted molar refractivity (Wildman–Crippen MR) is 56.8 cm³/mol. The van der Waals surface area contributed by atoms with Crippen LogP contribution in [0.2, 0.25) is 0 Å². The predicted octanol–water partition coefficient (Wildman–Crippen LogP) is 2.32. The second-order valence-corrected chi connectivity index (χ2v) is 4.28. The van der Waals surface area contributed by atoms with Gasteiger partial charge in [-0.25, -0.2) is 0 Å². The van der Waals surface area contributed by atoms with Crippen LogP contribution in [0.4, 0.5) is 0 Å². The number of hydrogen-bond donors (Lipinski definition) is 1. The molecule has 0 spiro atoms. The van der Waals surface area contributed by atoms with Gasteiger partial charge in [0.1, 0.15) is 0 Å². The van der Waals surface area contributed by atoms with Crippen LogP contribution < -0.4 is 0 Å². The Morgan fingerprint density at radius 2 is 2.38 bits per heavy atom. The largest absolute Gasteiger partial charge is 0.481 e. The molecular formula is C10H11BrO5. The Balaban J connectivity index is 1.86. The van der Waals surface area contributed by atoms with Crippen LogP contribution in [0.5, 0.6) is 0 Å². The number of rotatable bonds is 4. The lowest BCUT2D eigenvalue weighted by molar-refractivity contribution is -0.138. The zero-order chi connectivity index (χ0) is 11.5. The molecule has 6 heteroatoms. The number of halogens is 1. The fourth-order valence-electron chi connectivity index (χ4n) is 1.49. The number of aliphatic carboxylic acids is 1. The molecule has 0 amide bonds. The molecule has 1 aliphatic heterocycles. The average molecular weight is 291 g/mol. The van der Waals surface area contributed by atoms with Crippen molar-refractivity contribution in [3.05, 3.63) is 22.6 Å². The Morgan fingerprint density at radius 3 is 3.00 bits per heavy atom. The maximum Gasteiger partial charge on any atom is 0.303 e. The molecule has 1 fully saturated rings. The molecule has 1 aromatic rings. The zero-order valence-corrected chi connectivity index (χ0v) is 9.97. The van der Waals surface area contributed by atoms with E-state index in [1.165, 1.54) is 0 Å². The molecule has 2 heterocycles. The highest BCUT2D eigenvalue weighted by Crippen LogP contribution is 2.30. The van der Waals surface area contributed by atoms with Crippen LogP contribution in [0.3, 0.4) is 0 Å². The summed E-state index contributed by atoms with van der Waals surface area (Å²) in [6.45, 7) is 0.399. The minimum Gasteiger partial charge on any atom is -0.481 e. The Morgan fingerprint density at radius 1 is 1.56 bits per heavy atom. The van der Waals surface area contributed by atoms with Crippen molar-refractivity contribution in [1.29, 1.82) is 0 Å². The molecule has 2 unspecified atom stereocenters. The molecule has 0 saturated carbocycles. The van der Waals surface area contributed by atoms with Crippen LogP contribution >= 0.6 is 15.9 Å². The second kappa shape index (κ2) is 4.99. The van der Waals surface area contributed by atoms with Gasteiger partial charge in [-0.3, -0.25) is 4.79 Å². The lowest BCUT2D eigenvalue weighted by Crippen LogP contribution is -2.11. The Bertz CT molecular complexity index is 375. The van der Waals surface area contributed by atoms with Crippen LogP contribution in [-0.2, 0) is 14.3 Å². The van der Waals surface area contributed by atoms with Crippen molar-refractivity contribution in [1.82, 2.24) is 0 Å². The van der Waals surface area contributed by atoms with Gasteiger partial charge >= 0.3 is 5.97 Å². The van der Waals surface area contributed by atoms with Gasteiger partial charge < -0.3 is 19.0 Å². The lowest BCUT2D eigenvalue weighted by atomic mass is 10.2. The average Bonchev–Trinajstić information content (AvgIpc) is 2.83. The highest BCUT2D eigenvalue weighted by molar-refractivity contribution is 9.10. The van der Waals surface area contributed by atoms with Crippen LogP contribution in [0.25, 0.3) is 0 Å². The first kappa shape index (κ1) is 11.6. The van der Waals surface area contributed by atoms with Crippen LogP contribution in [0.15, 0.2) is 21.2 Å². The third-order valence-corrected chi connectivity index (χ3v) is 2.68. The normalized spacial score (nSPS) is 24.8. The summed E-state index contributed by atoms with van der Waals surface area (Å²) in [5, 5.41) is 8.54. The van der Waals surface area contributed by atoms with Crippen molar-refractivity contribution in [2.75, 3.05) is 6.61 Å². The third kappa shape index (κ3) is 2.84. The number of carboxylic acid groups (broad SMARTS) is 1. The number of hydrogen-bond acceptors (Lipinski definition) is 4. The Labute approximate surface area is 100 Å². The molecule has 5 nitrogen and oxygen atoms in total. The first-order valence-electron chi connectivity index (χ1n) is 4.89. The summed E-state index contributed by atoms with van der Waals surface area (Å²) in [6, 6.07) is 3.51. The van der Waals surface area contributed by atoms with Crippen LogP contribution in [0.1, 0.15) is 24.9 Å². The molecule has 2 rings (SSSR count). The molecule has 1 N–H and O–H groups in total. The molecule has 1 aliphatic rings. The second-order valence-electron chi connectivity index (χ2n) is 3.50. The summed E-state index contributed by atoms with van der Waals surface area (Å²) >= 11 is 3.19. The quantitative estimate of drug-likeness (QED) is 0.922. The number of carboxylic acids is 1. The molecule has 0 bridgehead atoms. The van der Waals surface area contributed by atoms with Gasteiger partial charge in [0.05, 0.1) is 12.7 Å². The van der Waals surface area contributed by atoms with Gasteiger partial charge in [0.25, 0.3) is 0 Å². The topological polar surface area (TPSA) is 68.9 Å². The highest BCUT2D eigenvalue weighted by Gasteiger charge is 2.29. The van der Waals surface area contributed by atoms with Gasteiger partial charge in [-0.2, -0.15) is 0 Å². The Hall–Kier alpha value is -0.850. The van der Waals surface area contributed by atoms with Crippen molar-refractivity contribution >= 4 is 21.9 Å². The minimum absolute atomic E-state index is 0.0859. The molecule has 1 aromatic heterocycles. The van der Waals surface area contributed by atoms with Gasteiger partial charge in [0, 0.05) is 6.42 Å². The fraction of sp³-hybridized carbons (Fsp3) is 0.500. The van der Waals surface area contributed by atoms with Crippen molar-refractivity contribution in [2.24, 2.45) is 0 Å². The van der Waals surface area contributed by atoms with E-state index in [0.717, 1.165) is 0 Å². The third-order valence-electron chi connectivity index (χ3n) is 2.26. The van der Waals surface area contributed by atoms with Crippen molar-refractivity contribution in [3.63, 3.8) is 0 Å². The van der Waals surface area contributed by atoms with E-state index >= 15 is 0 Å². The van der Waals surface area contributed by atoms with E-state index in [2.05, 4.69) is 15.9 Å². The summed E-state index contributed by atoms with van der Waals surface area (Å²) in [7, 11) is 0. The number of carbonyl (C=O) groups is 1. The smallest absolute Gasteiger partial charge is 0.303 e. The summed E-state index contributed by atoms with van der Waals surface area (Å²) in [5.74, 6) is -0.238. The molecular weight excluding hydrogens is 280 g/mol. The first-order valence-corrected chi connectivity index (χ1v) is 5.68. The van der Waals surface area contributed by atoms with Crippen molar-refractivity contribution in [3.8, 4) is 0 Å². The van der Waals surface area contributed by atoms with E-state index < -0.39 is 12.3 Å². The van der Waals surface area contributed by atoms with Gasteiger partial charge in [-0.05, 0) is 34.5 Å². The summed E-state index contributed by atoms with van der Waals surface area (Å²) in [6.07, 6.45) is -0.161. The molecule has 0 aromatic carbocycles. The van der Waals surface area contributed by atoms with Crippen LogP contribution in [-0.4, -0.2) is 23.8 Å². The van der Waals surface area contributed by atoms with Gasteiger partial charge in [0.15, 0.2) is 10.4 Å². The molecule has 2 atom stereocenters.